The van der Waals surface area contributed by atoms with Gasteiger partial charge < -0.3 is 9.58 Å². The van der Waals surface area contributed by atoms with Crippen molar-refractivity contribution in [2.75, 3.05) is 14.1 Å². The lowest BCUT2D eigenvalue weighted by Crippen LogP contribution is -1.98. The van der Waals surface area contributed by atoms with Gasteiger partial charge in [0.15, 0.2) is 0 Å². The SMILES string of the molecule is C=NN(C)C.Cc1ccc2c(c1)cc(C)n2C. The maximum Gasteiger partial charge on any atom is 0.0479 e. The van der Waals surface area contributed by atoms with Gasteiger partial charge in [0.2, 0.25) is 0 Å². The van der Waals surface area contributed by atoms with Crippen LogP contribution in [-0.2, 0) is 7.05 Å². The van der Waals surface area contributed by atoms with Crippen molar-refractivity contribution in [3.8, 4) is 0 Å². The maximum atomic E-state index is 3.47. The van der Waals surface area contributed by atoms with E-state index in [9.17, 15) is 0 Å². The first-order valence-corrected chi connectivity index (χ1v) is 5.62. The molecule has 0 bridgehead atoms. The minimum atomic E-state index is 1.32. The number of rotatable bonds is 1. The highest BCUT2D eigenvalue weighted by molar-refractivity contribution is 5.81. The van der Waals surface area contributed by atoms with Gasteiger partial charge in [0, 0.05) is 44.5 Å². The lowest BCUT2D eigenvalue weighted by atomic mass is 10.2. The Labute approximate surface area is 103 Å². The minimum absolute atomic E-state index is 1.32. The number of aromatic nitrogens is 1. The highest BCUT2D eigenvalue weighted by Crippen LogP contribution is 2.18. The van der Waals surface area contributed by atoms with Gasteiger partial charge in [0.25, 0.3) is 0 Å². The van der Waals surface area contributed by atoms with Crippen LogP contribution in [0.3, 0.4) is 0 Å². The summed E-state index contributed by atoms with van der Waals surface area (Å²) in [5.74, 6) is 0. The summed E-state index contributed by atoms with van der Waals surface area (Å²) >= 11 is 0. The van der Waals surface area contributed by atoms with Crippen molar-refractivity contribution in [1.82, 2.24) is 9.58 Å². The fraction of sp³-hybridized carbons (Fsp3) is 0.357. The zero-order chi connectivity index (χ0) is 13.0. The van der Waals surface area contributed by atoms with Crippen LogP contribution in [0.15, 0.2) is 29.4 Å². The van der Waals surface area contributed by atoms with Crippen molar-refractivity contribution in [1.29, 1.82) is 0 Å². The molecule has 3 heteroatoms. The molecule has 0 unspecified atom stereocenters. The highest BCUT2D eigenvalue weighted by atomic mass is 15.4. The van der Waals surface area contributed by atoms with E-state index < -0.39 is 0 Å². The summed E-state index contributed by atoms with van der Waals surface area (Å²) < 4.78 is 2.22. The first-order chi connectivity index (χ1) is 7.95. The van der Waals surface area contributed by atoms with Crippen LogP contribution in [0.5, 0.6) is 0 Å². The molecule has 0 aliphatic carbocycles. The predicted molar refractivity (Wildman–Crippen MR) is 75.6 cm³/mol. The zero-order valence-corrected chi connectivity index (χ0v) is 11.4. The molecule has 0 N–H and O–H groups in total. The molecule has 3 nitrogen and oxygen atoms in total. The van der Waals surface area contributed by atoms with Crippen molar-refractivity contribution in [2.45, 2.75) is 13.8 Å². The van der Waals surface area contributed by atoms with E-state index in [1.807, 2.05) is 14.1 Å². The van der Waals surface area contributed by atoms with Crippen molar-refractivity contribution in [3.63, 3.8) is 0 Å². The number of aryl methyl sites for hydroxylation is 3. The van der Waals surface area contributed by atoms with E-state index in [1.165, 1.54) is 22.2 Å². The van der Waals surface area contributed by atoms with Gasteiger partial charge in [0.1, 0.15) is 0 Å². The molecule has 0 radical (unpaired) electrons. The first-order valence-electron chi connectivity index (χ1n) is 5.62. The van der Waals surface area contributed by atoms with Crippen LogP contribution in [-0.4, -0.2) is 30.4 Å². The second kappa shape index (κ2) is 5.53. The quantitative estimate of drug-likeness (QED) is 0.546. The number of nitrogens with zero attached hydrogens (tertiary/aromatic N) is 3. The van der Waals surface area contributed by atoms with Crippen LogP contribution in [0.1, 0.15) is 11.3 Å². The van der Waals surface area contributed by atoms with Gasteiger partial charge >= 0.3 is 0 Å². The Bertz CT molecular complexity index is 509. The van der Waals surface area contributed by atoms with Gasteiger partial charge in [-0.05, 0) is 32.0 Å². The molecule has 0 fully saturated rings. The van der Waals surface area contributed by atoms with E-state index in [1.54, 1.807) is 5.01 Å². The molecule has 1 aromatic carbocycles. The summed E-state index contributed by atoms with van der Waals surface area (Å²) in [5.41, 5.74) is 3.96. The maximum absolute atomic E-state index is 3.47. The van der Waals surface area contributed by atoms with E-state index in [0.29, 0.717) is 0 Å². The average molecular weight is 231 g/mol. The van der Waals surface area contributed by atoms with Crippen LogP contribution in [0, 0.1) is 13.8 Å². The van der Waals surface area contributed by atoms with E-state index in [4.69, 9.17) is 0 Å². The van der Waals surface area contributed by atoms with E-state index in [0.717, 1.165) is 0 Å². The molecule has 1 heterocycles. The Morgan fingerprint density at radius 3 is 2.29 bits per heavy atom. The van der Waals surface area contributed by atoms with Gasteiger partial charge in [-0.1, -0.05) is 11.6 Å². The molecular formula is C14H21N3. The third-order valence-corrected chi connectivity index (χ3v) is 2.72. The third kappa shape index (κ3) is 3.34. The molecule has 0 amide bonds. The molecule has 17 heavy (non-hydrogen) atoms. The number of hydrogen-bond donors (Lipinski definition) is 0. The van der Waals surface area contributed by atoms with Gasteiger partial charge in [-0.15, -0.1) is 0 Å². The second-order valence-electron chi connectivity index (χ2n) is 4.40. The lowest BCUT2D eigenvalue weighted by molar-refractivity contribution is 0.442. The summed E-state index contributed by atoms with van der Waals surface area (Å²) in [5, 5.41) is 6.45. The normalized spacial score (nSPS) is 9.71. The summed E-state index contributed by atoms with van der Waals surface area (Å²) in [6.07, 6.45) is 0. The average Bonchev–Trinajstić information content (AvgIpc) is 2.55. The second-order valence-corrected chi connectivity index (χ2v) is 4.40. The monoisotopic (exact) mass is 231 g/mol. The highest BCUT2D eigenvalue weighted by Gasteiger charge is 2.00. The number of hydrazone groups is 1. The van der Waals surface area contributed by atoms with E-state index in [-0.39, 0.29) is 0 Å². The first kappa shape index (κ1) is 13.3. The lowest BCUT2D eigenvalue weighted by Gasteiger charge is -1.98. The van der Waals surface area contributed by atoms with Crippen molar-refractivity contribution in [3.05, 3.63) is 35.5 Å². The molecule has 0 atom stereocenters. The third-order valence-electron chi connectivity index (χ3n) is 2.72. The molecule has 0 saturated carbocycles. The van der Waals surface area contributed by atoms with Gasteiger partial charge in [-0.2, -0.15) is 5.10 Å². The molecule has 2 rings (SSSR count). The van der Waals surface area contributed by atoms with E-state index >= 15 is 0 Å². The van der Waals surface area contributed by atoms with Crippen LogP contribution < -0.4 is 0 Å². The summed E-state index contributed by atoms with van der Waals surface area (Å²) in [7, 11) is 5.76. The van der Waals surface area contributed by atoms with Gasteiger partial charge in [0.05, 0.1) is 0 Å². The Kier molecular flexibility index (Phi) is 4.32. The Morgan fingerprint density at radius 2 is 1.76 bits per heavy atom. The molecule has 2 aromatic rings. The summed E-state index contributed by atoms with van der Waals surface area (Å²) in [6.45, 7) is 7.50. The van der Waals surface area contributed by atoms with Crippen LogP contribution in [0.25, 0.3) is 10.9 Å². The molecule has 92 valence electrons. The number of benzene rings is 1. The van der Waals surface area contributed by atoms with Gasteiger partial charge in [-0.25, -0.2) is 0 Å². The summed E-state index contributed by atoms with van der Waals surface area (Å²) in [6, 6.07) is 8.78. The molecule has 0 spiro atoms. The summed E-state index contributed by atoms with van der Waals surface area (Å²) in [4.78, 5) is 0. The molecule has 0 aliphatic heterocycles. The fourth-order valence-corrected chi connectivity index (χ4v) is 1.61. The van der Waals surface area contributed by atoms with Crippen LogP contribution >= 0.6 is 0 Å². The minimum Gasteiger partial charge on any atom is -0.348 e. The Balaban J connectivity index is 0.000000249. The molecule has 1 aromatic heterocycles. The van der Waals surface area contributed by atoms with Crippen LogP contribution in [0.2, 0.25) is 0 Å². The van der Waals surface area contributed by atoms with Crippen LogP contribution in [0.4, 0.5) is 0 Å². The fourth-order valence-electron chi connectivity index (χ4n) is 1.61. The number of hydrogen-bond acceptors (Lipinski definition) is 2. The zero-order valence-electron chi connectivity index (χ0n) is 11.4. The largest absolute Gasteiger partial charge is 0.348 e. The van der Waals surface area contributed by atoms with Gasteiger partial charge in [-0.3, -0.25) is 0 Å². The predicted octanol–water partition coefficient (Wildman–Crippen LogP) is 2.96. The Hall–Kier alpha value is -1.77. The molecular weight excluding hydrogens is 210 g/mol. The standard InChI is InChI=1S/C11H13N.C3H8N2/c1-8-4-5-11-10(6-8)7-9(2)12(11)3;1-4-5(2)3/h4-7H,1-3H3;1H2,2-3H3. The molecule has 0 saturated heterocycles. The van der Waals surface area contributed by atoms with Crippen molar-refractivity contribution < 1.29 is 0 Å². The van der Waals surface area contributed by atoms with Crippen molar-refractivity contribution >= 4 is 17.6 Å². The Morgan fingerprint density at radius 1 is 1.18 bits per heavy atom. The molecule has 0 aliphatic rings. The topological polar surface area (TPSA) is 20.5 Å². The smallest absolute Gasteiger partial charge is 0.0479 e. The van der Waals surface area contributed by atoms with Crippen molar-refractivity contribution in [2.24, 2.45) is 12.1 Å². The van der Waals surface area contributed by atoms with E-state index in [2.05, 4.69) is 61.5 Å². The number of fused-ring (bicyclic) bond motifs is 1.